The molecule has 0 bridgehead atoms. The Kier molecular flexibility index (Phi) is 6.54. The Bertz CT molecular complexity index is 631. The molecule has 142 valence electrons. The Morgan fingerprint density at radius 3 is 2.50 bits per heavy atom. The molecule has 2 aliphatic heterocycles. The molecular formula is C20H28ClN3O2. The van der Waals surface area contributed by atoms with Gasteiger partial charge in [-0.25, -0.2) is 4.79 Å². The van der Waals surface area contributed by atoms with Crippen LogP contribution in [-0.4, -0.2) is 53.0 Å². The summed E-state index contributed by atoms with van der Waals surface area (Å²) < 4.78 is 5.32. The summed E-state index contributed by atoms with van der Waals surface area (Å²) in [7, 11) is 0. The summed E-state index contributed by atoms with van der Waals surface area (Å²) in [6.07, 6.45) is 3.87. The van der Waals surface area contributed by atoms with Crippen LogP contribution in [0.5, 0.6) is 0 Å². The Balaban J connectivity index is 2.01. The van der Waals surface area contributed by atoms with E-state index in [2.05, 4.69) is 11.8 Å². The maximum absolute atomic E-state index is 12.7. The van der Waals surface area contributed by atoms with E-state index in [1.165, 1.54) is 6.42 Å². The zero-order valence-electron chi connectivity index (χ0n) is 15.6. The second kappa shape index (κ2) is 8.87. The molecule has 1 aromatic carbocycles. The van der Waals surface area contributed by atoms with Crippen molar-refractivity contribution in [3.05, 3.63) is 35.9 Å². The normalized spacial score (nSPS) is 27.1. The summed E-state index contributed by atoms with van der Waals surface area (Å²) in [6.45, 7) is 6.22. The maximum atomic E-state index is 12.7. The zero-order chi connectivity index (χ0) is 18.5. The number of hydrazone groups is 1. The molecule has 0 N–H and O–H groups in total. The van der Waals surface area contributed by atoms with E-state index in [4.69, 9.17) is 21.4 Å². The average molecular weight is 378 g/mol. The third-order valence-corrected chi connectivity index (χ3v) is 5.78. The summed E-state index contributed by atoms with van der Waals surface area (Å²) >= 11 is 6.91. The topological polar surface area (TPSA) is 45.1 Å². The number of piperidine rings is 1. The lowest BCUT2D eigenvalue weighted by Gasteiger charge is -2.46. The largest absolute Gasteiger partial charge is 0.448 e. The molecule has 5 nitrogen and oxygen atoms in total. The summed E-state index contributed by atoms with van der Waals surface area (Å²) in [5.41, 5.74) is 1.71. The first-order chi connectivity index (χ1) is 12.7. The van der Waals surface area contributed by atoms with Gasteiger partial charge in [0.2, 0.25) is 0 Å². The van der Waals surface area contributed by atoms with Gasteiger partial charge < -0.3 is 4.74 Å². The molecule has 2 heterocycles. The lowest BCUT2D eigenvalue weighted by molar-refractivity contribution is -0.0149. The number of carbonyl (C=O) groups is 1. The lowest BCUT2D eigenvalue weighted by Crippen LogP contribution is -2.59. The third kappa shape index (κ3) is 3.89. The van der Waals surface area contributed by atoms with Crippen molar-refractivity contribution in [2.45, 2.75) is 51.1 Å². The van der Waals surface area contributed by atoms with Gasteiger partial charge >= 0.3 is 6.09 Å². The van der Waals surface area contributed by atoms with Crippen molar-refractivity contribution in [3.63, 3.8) is 0 Å². The summed E-state index contributed by atoms with van der Waals surface area (Å²) in [5.74, 6) is 0.104. The number of halogens is 1. The van der Waals surface area contributed by atoms with Gasteiger partial charge in [-0.05, 0) is 31.7 Å². The number of amides is 1. The van der Waals surface area contributed by atoms with Crippen LogP contribution in [-0.2, 0) is 4.74 Å². The fourth-order valence-corrected chi connectivity index (χ4v) is 4.43. The highest BCUT2D eigenvalue weighted by Crippen LogP contribution is 2.34. The zero-order valence-corrected chi connectivity index (χ0v) is 16.4. The minimum Gasteiger partial charge on any atom is -0.448 e. The van der Waals surface area contributed by atoms with Gasteiger partial charge in [-0.2, -0.15) is 10.1 Å². The highest BCUT2D eigenvalue weighted by atomic mass is 35.5. The van der Waals surface area contributed by atoms with Crippen LogP contribution >= 0.6 is 11.6 Å². The number of ether oxygens (including phenoxy) is 1. The molecule has 0 radical (unpaired) electrons. The number of rotatable bonds is 4. The second-order valence-corrected chi connectivity index (χ2v) is 7.35. The molecule has 0 saturated carbocycles. The Morgan fingerprint density at radius 1 is 1.19 bits per heavy atom. The van der Waals surface area contributed by atoms with Gasteiger partial charge in [-0.1, -0.05) is 43.7 Å². The van der Waals surface area contributed by atoms with Gasteiger partial charge in [0, 0.05) is 19.0 Å². The number of carbonyl (C=O) groups excluding carboxylic acids is 1. The lowest BCUT2D eigenvalue weighted by atomic mass is 9.89. The van der Waals surface area contributed by atoms with Crippen molar-refractivity contribution in [2.75, 3.05) is 19.7 Å². The van der Waals surface area contributed by atoms with Crippen LogP contribution < -0.4 is 0 Å². The molecule has 3 atom stereocenters. The Morgan fingerprint density at radius 2 is 1.88 bits per heavy atom. The first-order valence-corrected chi connectivity index (χ1v) is 10.1. The van der Waals surface area contributed by atoms with Crippen molar-refractivity contribution < 1.29 is 9.53 Å². The maximum Gasteiger partial charge on any atom is 0.431 e. The van der Waals surface area contributed by atoms with E-state index >= 15 is 0 Å². The van der Waals surface area contributed by atoms with Gasteiger partial charge in [0.15, 0.2) is 0 Å². The van der Waals surface area contributed by atoms with E-state index in [9.17, 15) is 4.79 Å². The van der Waals surface area contributed by atoms with Gasteiger partial charge in [0.05, 0.1) is 17.7 Å². The number of likely N-dealkylation sites (tertiary alicyclic amines) is 1. The van der Waals surface area contributed by atoms with E-state index < -0.39 is 6.09 Å². The number of hydrogen-bond donors (Lipinski definition) is 0. The number of nitrogens with zero attached hydrogens (tertiary/aromatic N) is 3. The van der Waals surface area contributed by atoms with Gasteiger partial charge in [-0.15, -0.1) is 11.6 Å². The van der Waals surface area contributed by atoms with Crippen molar-refractivity contribution in [1.82, 2.24) is 9.91 Å². The number of hydrogen-bond acceptors (Lipinski definition) is 4. The standard InChI is InChI=1S/C20H28ClN3O2/c1-3-16-17(21)18(15-11-7-5-8-12-15)22-24(20(25)26-4-2)19(16)23-13-9-6-10-14-23/h5,7-8,11-12,16-17,19H,3-4,6,9-10,13-14H2,1-2H3/t16-,17+,19-/m1/s1. The van der Waals surface area contributed by atoms with Crippen LogP contribution in [0.4, 0.5) is 4.79 Å². The van der Waals surface area contributed by atoms with E-state index in [1.807, 2.05) is 37.3 Å². The fraction of sp³-hybridized carbons (Fsp3) is 0.600. The van der Waals surface area contributed by atoms with E-state index in [0.29, 0.717) is 6.61 Å². The first kappa shape index (κ1) is 19.2. The van der Waals surface area contributed by atoms with E-state index in [1.54, 1.807) is 5.01 Å². The molecule has 0 unspecified atom stereocenters. The fourth-order valence-electron chi connectivity index (χ4n) is 3.96. The molecular weight excluding hydrogens is 350 g/mol. The molecule has 0 spiro atoms. The number of alkyl halides is 1. The molecule has 3 rings (SSSR count). The molecule has 1 saturated heterocycles. The van der Waals surface area contributed by atoms with Gasteiger partial charge in [-0.3, -0.25) is 4.90 Å². The smallest absolute Gasteiger partial charge is 0.431 e. The Labute approximate surface area is 160 Å². The molecule has 0 aliphatic carbocycles. The van der Waals surface area contributed by atoms with Crippen molar-refractivity contribution >= 4 is 23.4 Å². The van der Waals surface area contributed by atoms with Crippen molar-refractivity contribution in [1.29, 1.82) is 0 Å². The predicted octanol–water partition coefficient (Wildman–Crippen LogP) is 4.31. The van der Waals surface area contributed by atoms with Crippen molar-refractivity contribution in [3.8, 4) is 0 Å². The van der Waals surface area contributed by atoms with Gasteiger partial charge in [0.25, 0.3) is 0 Å². The van der Waals surface area contributed by atoms with Crippen LogP contribution in [0.2, 0.25) is 0 Å². The van der Waals surface area contributed by atoms with E-state index in [-0.39, 0.29) is 17.5 Å². The van der Waals surface area contributed by atoms with E-state index in [0.717, 1.165) is 43.6 Å². The monoisotopic (exact) mass is 377 g/mol. The minimum atomic E-state index is -0.390. The highest BCUT2D eigenvalue weighted by Gasteiger charge is 2.45. The highest BCUT2D eigenvalue weighted by molar-refractivity contribution is 6.35. The van der Waals surface area contributed by atoms with Crippen LogP contribution in [0.3, 0.4) is 0 Å². The predicted molar refractivity (Wildman–Crippen MR) is 104 cm³/mol. The first-order valence-electron chi connectivity index (χ1n) is 9.65. The third-order valence-electron chi connectivity index (χ3n) is 5.25. The molecule has 26 heavy (non-hydrogen) atoms. The summed E-state index contributed by atoms with van der Waals surface area (Å²) in [5, 5.41) is 6.02. The van der Waals surface area contributed by atoms with Crippen LogP contribution in [0.25, 0.3) is 0 Å². The number of benzene rings is 1. The average Bonchev–Trinajstić information content (AvgIpc) is 2.69. The van der Waals surface area contributed by atoms with Crippen molar-refractivity contribution in [2.24, 2.45) is 11.0 Å². The molecule has 1 fully saturated rings. The second-order valence-electron chi connectivity index (χ2n) is 6.88. The molecule has 6 heteroatoms. The SMILES string of the molecule is CCOC(=O)N1N=C(c2ccccc2)[C@@H](Cl)[C@@H](CC)[C@@H]1N1CCCCC1. The molecule has 0 aromatic heterocycles. The van der Waals surface area contributed by atoms with Crippen LogP contribution in [0.1, 0.15) is 45.1 Å². The molecule has 1 amide bonds. The molecule has 1 aromatic rings. The van der Waals surface area contributed by atoms with Gasteiger partial charge in [0.1, 0.15) is 6.17 Å². The summed E-state index contributed by atoms with van der Waals surface area (Å²) in [6, 6.07) is 9.88. The summed E-state index contributed by atoms with van der Waals surface area (Å²) in [4.78, 5) is 15.1. The Hall–Kier alpha value is -1.59. The van der Waals surface area contributed by atoms with Crippen LogP contribution in [0, 0.1) is 5.92 Å². The molecule has 2 aliphatic rings. The minimum absolute atomic E-state index is 0.104. The quantitative estimate of drug-likeness (QED) is 0.734. The van der Waals surface area contributed by atoms with Crippen LogP contribution in [0.15, 0.2) is 35.4 Å².